The number of aromatic nitrogens is 1. The van der Waals surface area contributed by atoms with E-state index in [1.165, 1.54) is 0 Å². The van der Waals surface area contributed by atoms with Crippen LogP contribution in [0.1, 0.15) is 63.5 Å². The fourth-order valence-corrected chi connectivity index (χ4v) is 4.12. The molecule has 1 aromatic heterocycles. The summed E-state index contributed by atoms with van der Waals surface area (Å²) in [6.07, 6.45) is 2.32. The third kappa shape index (κ3) is 4.67. The van der Waals surface area contributed by atoms with Gasteiger partial charge in [-0.1, -0.05) is 12.1 Å². The van der Waals surface area contributed by atoms with E-state index in [0.29, 0.717) is 35.7 Å². The minimum absolute atomic E-state index is 0.0624. The van der Waals surface area contributed by atoms with Gasteiger partial charge in [-0.25, -0.2) is 4.79 Å². The third-order valence-corrected chi connectivity index (χ3v) is 5.66. The van der Waals surface area contributed by atoms with Gasteiger partial charge in [0.25, 0.3) is 5.91 Å². The van der Waals surface area contributed by atoms with Crippen molar-refractivity contribution in [2.24, 2.45) is 0 Å². The number of likely N-dealkylation sites (tertiary alicyclic amines) is 1. The maximum absolute atomic E-state index is 12.9. The number of aryl methyl sites for hydroxylation is 1. The minimum atomic E-state index is -0.408. The second-order valence-electron chi connectivity index (χ2n) is 7.59. The molecular weight excluding hydrogens is 382 g/mol. The van der Waals surface area contributed by atoms with Gasteiger partial charge in [-0.2, -0.15) is 0 Å². The van der Waals surface area contributed by atoms with E-state index in [9.17, 15) is 9.59 Å². The number of hydrogen-bond acceptors (Lipinski definition) is 5. The molecule has 0 spiro atoms. The average Bonchev–Trinajstić information content (AvgIpc) is 3.36. The molecule has 3 rings (SSSR count). The van der Waals surface area contributed by atoms with Crippen LogP contribution in [0.2, 0.25) is 0 Å². The van der Waals surface area contributed by atoms with Crippen molar-refractivity contribution in [3.8, 4) is 5.75 Å². The average molecular weight is 414 g/mol. The highest BCUT2D eigenvalue weighted by atomic mass is 16.5. The lowest BCUT2D eigenvalue weighted by atomic mass is 10.0. The first-order valence-corrected chi connectivity index (χ1v) is 10.5. The van der Waals surface area contributed by atoms with Crippen LogP contribution in [0.4, 0.5) is 0 Å². The summed E-state index contributed by atoms with van der Waals surface area (Å²) in [6, 6.07) is 8.06. The van der Waals surface area contributed by atoms with E-state index < -0.39 is 5.97 Å². The molecule has 2 aromatic rings. The zero-order chi connectivity index (χ0) is 21.7. The molecule has 2 heterocycles. The summed E-state index contributed by atoms with van der Waals surface area (Å²) in [5.41, 5.74) is 3.21. The Morgan fingerprint density at radius 2 is 1.97 bits per heavy atom. The fourth-order valence-electron chi connectivity index (χ4n) is 4.12. The Kier molecular flexibility index (Phi) is 7.15. The van der Waals surface area contributed by atoms with Gasteiger partial charge in [-0.15, -0.1) is 0 Å². The van der Waals surface area contributed by atoms with Gasteiger partial charge >= 0.3 is 5.97 Å². The lowest BCUT2D eigenvalue weighted by Crippen LogP contribution is -2.37. The SMILES string of the molecule is CCOC(=O)c1c(C)[nH]c(C(=O)NCC(c2cccc(OC)c2)N2CCCC2)c1C. The number of aromatic amines is 1. The molecule has 0 bridgehead atoms. The standard InChI is InChI=1S/C23H31N3O4/c1-5-30-23(28)20-15(2)21(25-16(20)3)22(27)24-14-19(26-11-6-7-12-26)17-9-8-10-18(13-17)29-4/h8-10,13,19,25H,5-7,11-12,14H2,1-4H3,(H,24,27). The molecule has 1 aliphatic rings. The Bertz CT molecular complexity index is 900. The van der Waals surface area contributed by atoms with Crippen molar-refractivity contribution in [2.45, 2.75) is 39.7 Å². The number of nitrogens with zero attached hydrogens (tertiary/aromatic N) is 1. The first-order valence-electron chi connectivity index (χ1n) is 10.5. The van der Waals surface area contributed by atoms with E-state index in [2.05, 4.69) is 21.3 Å². The number of rotatable bonds is 8. The van der Waals surface area contributed by atoms with Crippen LogP contribution in [0.25, 0.3) is 0 Å². The van der Waals surface area contributed by atoms with Gasteiger partial charge < -0.3 is 19.8 Å². The molecule has 1 amide bonds. The molecule has 1 aromatic carbocycles. The van der Waals surface area contributed by atoms with Crippen molar-refractivity contribution in [1.82, 2.24) is 15.2 Å². The van der Waals surface area contributed by atoms with Crippen LogP contribution < -0.4 is 10.1 Å². The highest BCUT2D eigenvalue weighted by molar-refractivity contribution is 6.00. The molecule has 1 fully saturated rings. The van der Waals surface area contributed by atoms with Crippen molar-refractivity contribution < 1.29 is 19.1 Å². The molecule has 0 saturated carbocycles. The maximum atomic E-state index is 12.9. The molecule has 0 aliphatic carbocycles. The summed E-state index contributed by atoms with van der Waals surface area (Å²) in [6.45, 7) is 8.08. The zero-order valence-corrected chi connectivity index (χ0v) is 18.2. The predicted octanol–water partition coefficient (Wildman–Crippen LogP) is 3.38. The molecule has 0 radical (unpaired) electrons. The van der Waals surface area contributed by atoms with Crippen LogP contribution in [0.3, 0.4) is 0 Å². The summed E-state index contributed by atoms with van der Waals surface area (Å²) in [5, 5.41) is 3.06. The molecule has 1 unspecified atom stereocenters. The molecule has 1 saturated heterocycles. The van der Waals surface area contributed by atoms with Gasteiger partial charge in [0.05, 0.1) is 25.3 Å². The van der Waals surface area contributed by atoms with Crippen LogP contribution in [0.5, 0.6) is 5.75 Å². The van der Waals surface area contributed by atoms with Gasteiger partial charge in [0.2, 0.25) is 0 Å². The number of benzene rings is 1. The zero-order valence-electron chi connectivity index (χ0n) is 18.2. The van der Waals surface area contributed by atoms with Gasteiger partial charge in [0.15, 0.2) is 0 Å². The van der Waals surface area contributed by atoms with Crippen LogP contribution in [-0.4, -0.2) is 55.1 Å². The molecule has 2 N–H and O–H groups in total. The fraction of sp³-hybridized carbons (Fsp3) is 0.478. The van der Waals surface area contributed by atoms with Crippen LogP contribution >= 0.6 is 0 Å². The Morgan fingerprint density at radius 1 is 1.23 bits per heavy atom. The van der Waals surface area contributed by atoms with E-state index in [-0.39, 0.29) is 11.9 Å². The largest absolute Gasteiger partial charge is 0.497 e. The number of hydrogen-bond donors (Lipinski definition) is 2. The highest BCUT2D eigenvalue weighted by Crippen LogP contribution is 2.27. The monoisotopic (exact) mass is 413 g/mol. The molecule has 30 heavy (non-hydrogen) atoms. The predicted molar refractivity (Wildman–Crippen MR) is 115 cm³/mol. The number of carbonyl (C=O) groups is 2. The molecule has 1 atom stereocenters. The number of amides is 1. The Morgan fingerprint density at radius 3 is 2.63 bits per heavy atom. The van der Waals surface area contributed by atoms with Gasteiger partial charge in [0, 0.05) is 12.2 Å². The Hall–Kier alpha value is -2.80. The summed E-state index contributed by atoms with van der Waals surface area (Å²) in [7, 11) is 1.66. The second-order valence-corrected chi connectivity index (χ2v) is 7.59. The number of ether oxygens (including phenoxy) is 2. The highest BCUT2D eigenvalue weighted by Gasteiger charge is 2.26. The van der Waals surface area contributed by atoms with Crippen molar-refractivity contribution in [3.05, 3.63) is 52.3 Å². The summed E-state index contributed by atoms with van der Waals surface area (Å²) < 4.78 is 10.5. The number of esters is 1. The van der Waals surface area contributed by atoms with E-state index in [1.807, 2.05) is 18.2 Å². The van der Waals surface area contributed by atoms with Gasteiger partial charge in [0.1, 0.15) is 11.4 Å². The number of H-pyrrole nitrogens is 1. The smallest absolute Gasteiger partial charge is 0.340 e. The van der Waals surface area contributed by atoms with Crippen molar-refractivity contribution in [2.75, 3.05) is 33.4 Å². The molecule has 7 nitrogen and oxygen atoms in total. The van der Waals surface area contributed by atoms with E-state index in [4.69, 9.17) is 9.47 Å². The normalized spacial score (nSPS) is 15.1. The summed E-state index contributed by atoms with van der Waals surface area (Å²) >= 11 is 0. The third-order valence-electron chi connectivity index (χ3n) is 5.66. The van der Waals surface area contributed by atoms with Crippen molar-refractivity contribution in [1.29, 1.82) is 0 Å². The van der Waals surface area contributed by atoms with Gasteiger partial charge in [-0.05, 0) is 70.0 Å². The molecule has 162 valence electrons. The second kappa shape index (κ2) is 9.80. The lowest BCUT2D eigenvalue weighted by molar-refractivity contribution is 0.0525. The number of carbonyl (C=O) groups excluding carboxylic acids is 2. The van der Waals surface area contributed by atoms with E-state index in [0.717, 1.165) is 37.2 Å². The first-order chi connectivity index (χ1) is 14.5. The molecule has 7 heteroatoms. The minimum Gasteiger partial charge on any atom is -0.497 e. The topological polar surface area (TPSA) is 83.7 Å². The van der Waals surface area contributed by atoms with Crippen LogP contribution in [0, 0.1) is 13.8 Å². The number of methoxy groups -OCH3 is 1. The van der Waals surface area contributed by atoms with Gasteiger partial charge in [-0.3, -0.25) is 9.69 Å². The van der Waals surface area contributed by atoms with E-state index in [1.54, 1.807) is 27.9 Å². The number of nitrogens with one attached hydrogen (secondary N) is 2. The molecule has 1 aliphatic heterocycles. The van der Waals surface area contributed by atoms with E-state index >= 15 is 0 Å². The van der Waals surface area contributed by atoms with Crippen LogP contribution in [-0.2, 0) is 4.74 Å². The van der Waals surface area contributed by atoms with Crippen molar-refractivity contribution in [3.63, 3.8) is 0 Å². The first kappa shape index (κ1) is 21.9. The van der Waals surface area contributed by atoms with Crippen molar-refractivity contribution >= 4 is 11.9 Å². The summed E-state index contributed by atoms with van der Waals surface area (Å²) in [4.78, 5) is 30.6. The lowest BCUT2D eigenvalue weighted by Gasteiger charge is -2.28. The van der Waals surface area contributed by atoms with Crippen LogP contribution in [0.15, 0.2) is 24.3 Å². The Balaban J connectivity index is 1.78. The summed E-state index contributed by atoms with van der Waals surface area (Å²) in [5.74, 6) is 0.172. The maximum Gasteiger partial charge on any atom is 0.340 e. The quantitative estimate of drug-likeness (QED) is 0.648. The molecular formula is C23H31N3O4. The Labute approximate surface area is 177 Å².